The Bertz CT molecular complexity index is 104. The molecule has 0 radical (unpaired) electrons. The highest BCUT2D eigenvalue weighted by molar-refractivity contribution is 4.71. The summed E-state index contributed by atoms with van der Waals surface area (Å²) in [6, 6.07) is 0. The summed E-state index contributed by atoms with van der Waals surface area (Å²) in [5.74, 6) is 0.992. The fourth-order valence-corrected chi connectivity index (χ4v) is 1.99. The van der Waals surface area contributed by atoms with E-state index in [1.807, 2.05) is 0 Å². The Morgan fingerprint density at radius 3 is 2.25 bits per heavy atom. The van der Waals surface area contributed by atoms with Gasteiger partial charge in [0.15, 0.2) is 0 Å². The van der Waals surface area contributed by atoms with E-state index in [-0.39, 0.29) is 0 Å². The summed E-state index contributed by atoms with van der Waals surface area (Å²) in [4.78, 5) is 0. The lowest BCUT2D eigenvalue weighted by Gasteiger charge is -2.27. The SMILES string of the molecule is CCCOC1CCC(CC)CC1. The van der Waals surface area contributed by atoms with Gasteiger partial charge in [0.05, 0.1) is 6.10 Å². The van der Waals surface area contributed by atoms with Gasteiger partial charge in [-0.15, -0.1) is 0 Å². The molecule has 12 heavy (non-hydrogen) atoms. The van der Waals surface area contributed by atoms with Gasteiger partial charge in [0.25, 0.3) is 0 Å². The molecular weight excluding hydrogens is 148 g/mol. The van der Waals surface area contributed by atoms with E-state index in [1.54, 1.807) is 0 Å². The van der Waals surface area contributed by atoms with Crippen LogP contribution in [0.5, 0.6) is 0 Å². The Hall–Kier alpha value is -0.0400. The van der Waals surface area contributed by atoms with Crippen LogP contribution in [-0.2, 0) is 4.74 Å². The standard InChI is InChI=1S/C11H22O/c1-3-9-12-11-7-5-10(4-2)6-8-11/h10-11H,3-9H2,1-2H3. The highest BCUT2D eigenvalue weighted by Crippen LogP contribution is 2.28. The van der Waals surface area contributed by atoms with Crippen molar-refractivity contribution in [2.45, 2.75) is 58.5 Å². The average Bonchev–Trinajstić information content (AvgIpc) is 2.15. The van der Waals surface area contributed by atoms with Crippen molar-refractivity contribution in [2.24, 2.45) is 5.92 Å². The molecule has 0 spiro atoms. The zero-order chi connectivity index (χ0) is 8.81. The number of hydrogen-bond acceptors (Lipinski definition) is 1. The van der Waals surface area contributed by atoms with E-state index in [1.165, 1.54) is 32.1 Å². The largest absolute Gasteiger partial charge is 0.378 e. The van der Waals surface area contributed by atoms with Crippen molar-refractivity contribution in [1.29, 1.82) is 0 Å². The molecule has 72 valence electrons. The third-order valence-corrected chi connectivity index (χ3v) is 2.93. The zero-order valence-corrected chi connectivity index (χ0v) is 8.51. The smallest absolute Gasteiger partial charge is 0.0575 e. The van der Waals surface area contributed by atoms with Crippen molar-refractivity contribution < 1.29 is 4.74 Å². The quantitative estimate of drug-likeness (QED) is 0.628. The molecule has 1 rings (SSSR count). The number of rotatable bonds is 4. The van der Waals surface area contributed by atoms with Crippen LogP contribution in [0, 0.1) is 5.92 Å². The summed E-state index contributed by atoms with van der Waals surface area (Å²) in [7, 11) is 0. The van der Waals surface area contributed by atoms with Crippen molar-refractivity contribution in [3.05, 3.63) is 0 Å². The molecule has 0 atom stereocenters. The minimum atomic E-state index is 0.591. The zero-order valence-electron chi connectivity index (χ0n) is 8.51. The first-order valence-electron chi connectivity index (χ1n) is 5.48. The van der Waals surface area contributed by atoms with Gasteiger partial charge in [-0.2, -0.15) is 0 Å². The van der Waals surface area contributed by atoms with Crippen LogP contribution in [0.4, 0.5) is 0 Å². The molecule has 1 fully saturated rings. The van der Waals surface area contributed by atoms with Crippen molar-refractivity contribution in [1.82, 2.24) is 0 Å². The Balaban J connectivity index is 2.09. The third kappa shape index (κ3) is 3.14. The monoisotopic (exact) mass is 170 g/mol. The lowest BCUT2D eigenvalue weighted by Crippen LogP contribution is -2.21. The van der Waals surface area contributed by atoms with Crippen molar-refractivity contribution in [3.63, 3.8) is 0 Å². The van der Waals surface area contributed by atoms with Crippen LogP contribution in [0.3, 0.4) is 0 Å². The molecule has 0 aromatic carbocycles. The van der Waals surface area contributed by atoms with Gasteiger partial charge < -0.3 is 4.74 Å². The second kappa shape index (κ2) is 5.58. The lowest BCUT2D eigenvalue weighted by molar-refractivity contribution is 0.0181. The minimum Gasteiger partial charge on any atom is -0.378 e. The van der Waals surface area contributed by atoms with E-state index < -0.39 is 0 Å². The first-order valence-corrected chi connectivity index (χ1v) is 5.48. The Kier molecular flexibility index (Phi) is 4.67. The predicted octanol–water partition coefficient (Wildman–Crippen LogP) is 3.38. The topological polar surface area (TPSA) is 9.23 Å². The molecule has 0 N–H and O–H groups in total. The second-order valence-corrected chi connectivity index (χ2v) is 3.92. The molecule has 1 aliphatic carbocycles. The molecule has 0 heterocycles. The van der Waals surface area contributed by atoms with Crippen LogP contribution < -0.4 is 0 Å². The predicted molar refractivity (Wildman–Crippen MR) is 52.3 cm³/mol. The first kappa shape index (κ1) is 10.0. The molecule has 0 bridgehead atoms. The van der Waals surface area contributed by atoms with Gasteiger partial charge in [-0.1, -0.05) is 20.3 Å². The Labute approximate surface area is 76.5 Å². The molecule has 1 heteroatoms. The summed E-state index contributed by atoms with van der Waals surface area (Å²) in [5.41, 5.74) is 0. The van der Waals surface area contributed by atoms with Gasteiger partial charge in [0, 0.05) is 6.61 Å². The molecule has 0 saturated heterocycles. The molecule has 1 aliphatic rings. The van der Waals surface area contributed by atoms with E-state index >= 15 is 0 Å². The average molecular weight is 170 g/mol. The Morgan fingerprint density at radius 2 is 1.75 bits per heavy atom. The normalized spacial score (nSPS) is 30.5. The van der Waals surface area contributed by atoms with Gasteiger partial charge >= 0.3 is 0 Å². The summed E-state index contributed by atoms with van der Waals surface area (Å²) in [6.07, 6.45) is 8.51. The van der Waals surface area contributed by atoms with E-state index in [0.29, 0.717) is 6.10 Å². The van der Waals surface area contributed by atoms with Gasteiger partial charge in [0.1, 0.15) is 0 Å². The molecule has 1 saturated carbocycles. The van der Waals surface area contributed by atoms with E-state index in [9.17, 15) is 0 Å². The van der Waals surface area contributed by atoms with Gasteiger partial charge in [-0.3, -0.25) is 0 Å². The van der Waals surface area contributed by atoms with Gasteiger partial charge in [-0.25, -0.2) is 0 Å². The highest BCUT2D eigenvalue weighted by atomic mass is 16.5. The molecular formula is C11H22O. The molecule has 0 aliphatic heterocycles. The first-order chi connectivity index (χ1) is 5.86. The van der Waals surface area contributed by atoms with Gasteiger partial charge in [-0.05, 0) is 38.0 Å². The molecule has 0 amide bonds. The molecule has 0 aromatic heterocycles. The van der Waals surface area contributed by atoms with Gasteiger partial charge in [0.2, 0.25) is 0 Å². The van der Waals surface area contributed by atoms with Crippen LogP contribution in [0.2, 0.25) is 0 Å². The fourth-order valence-electron chi connectivity index (χ4n) is 1.99. The maximum atomic E-state index is 5.72. The van der Waals surface area contributed by atoms with Crippen LogP contribution in [0.15, 0.2) is 0 Å². The second-order valence-electron chi connectivity index (χ2n) is 3.92. The fraction of sp³-hybridized carbons (Fsp3) is 1.00. The molecule has 0 aromatic rings. The summed E-state index contributed by atoms with van der Waals surface area (Å²) >= 11 is 0. The number of hydrogen-bond donors (Lipinski definition) is 0. The molecule has 1 nitrogen and oxygen atoms in total. The Morgan fingerprint density at radius 1 is 1.08 bits per heavy atom. The summed E-state index contributed by atoms with van der Waals surface area (Å²) in [6.45, 7) is 5.44. The summed E-state index contributed by atoms with van der Waals surface area (Å²) < 4.78 is 5.72. The lowest BCUT2D eigenvalue weighted by atomic mass is 9.86. The van der Waals surface area contributed by atoms with E-state index in [0.717, 1.165) is 18.9 Å². The summed E-state index contributed by atoms with van der Waals surface area (Å²) in [5, 5.41) is 0. The van der Waals surface area contributed by atoms with Crippen LogP contribution in [-0.4, -0.2) is 12.7 Å². The molecule has 0 unspecified atom stereocenters. The highest BCUT2D eigenvalue weighted by Gasteiger charge is 2.19. The third-order valence-electron chi connectivity index (χ3n) is 2.93. The maximum Gasteiger partial charge on any atom is 0.0575 e. The van der Waals surface area contributed by atoms with Crippen molar-refractivity contribution >= 4 is 0 Å². The maximum absolute atomic E-state index is 5.72. The number of ether oxygens (including phenoxy) is 1. The minimum absolute atomic E-state index is 0.591. The van der Waals surface area contributed by atoms with Crippen molar-refractivity contribution in [2.75, 3.05) is 6.61 Å². The van der Waals surface area contributed by atoms with Crippen LogP contribution in [0.1, 0.15) is 52.4 Å². The van der Waals surface area contributed by atoms with E-state index in [4.69, 9.17) is 4.74 Å². The van der Waals surface area contributed by atoms with E-state index in [2.05, 4.69) is 13.8 Å². The van der Waals surface area contributed by atoms with Crippen LogP contribution in [0.25, 0.3) is 0 Å². The van der Waals surface area contributed by atoms with Crippen molar-refractivity contribution in [3.8, 4) is 0 Å². The van der Waals surface area contributed by atoms with Crippen LogP contribution >= 0.6 is 0 Å².